The second-order valence-electron chi connectivity index (χ2n) is 5.47. The molecule has 1 aromatic heterocycles. The molecule has 132 valence electrons. The minimum atomic E-state index is -0.150. The second kappa shape index (κ2) is 9.22. The van der Waals surface area contributed by atoms with Crippen molar-refractivity contribution in [3.8, 4) is 0 Å². The monoisotopic (exact) mass is 382 g/mol. The molecule has 0 unspecified atom stereocenters. The van der Waals surface area contributed by atoms with Crippen LogP contribution in [0, 0.1) is 0 Å². The molecule has 0 aliphatic rings. The minimum absolute atomic E-state index is 0.0461. The molecule has 1 heterocycles. The van der Waals surface area contributed by atoms with Gasteiger partial charge in [0.05, 0.1) is 4.88 Å². The lowest BCUT2D eigenvalue weighted by atomic mass is 10.2. The van der Waals surface area contributed by atoms with Gasteiger partial charge in [0.25, 0.3) is 5.91 Å². The Morgan fingerprint density at radius 2 is 1.65 bits per heavy atom. The van der Waals surface area contributed by atoms with Crippen molar-refractivity contribution < 1.29 is 9.59 Å². The Hall–Kier alpha value is -2.57. The molecule has 2 N–H and O–H groups in total. The quantitative estimate of drug-likeness (QED) is 0.558. The average Bonchev–Trinajstić information content (AvgIpc) is 3.18. The number of rotatable bonds is 7. The number of hydrogen-bond donors (Lipinski definition) is 2. The molecule has 0 aliphatic heterocycles. The lowest BCUT2D eigenvalue weighted by Crippen LogP contribution is -2.13. The van der Waals surface area contributed by atoms with E-state index in [2.05, 4.69) is 10.6 Å². The Morgan fingerprint density at radius 1 is 0.885 bits per heavy atom. The zero-order valence-electron chi connectivity index (χ0n) is 14.0. The highest BCUT2D eigenvalue weighted by molar-refractivity contribution is 7.99. The van der Waals surface area contributed by atoms with Crippen molar-refractivity contribution >= 4 is 46.3 Å². The van der Waals surface area contributed by atoms with E-state index in [1.807, 2.05) is 47.8 Å². The van der Waals surface area contributed by atoms with Crippen molar-refractivity contribution in [3.63, 3.8) is 0 Å². The Balaban J connectivity index is 1.50. The first-order valence-electron chi connectivity index (χ1n) is 8.13. The van der Waals surface area contributed by atoms with Gasteiger partial charge in [0.15, 0.2) is 0 Å². The first kappa shape index (κ1) is 18.2. The third-order valence-electron chi connectivity index (χ3n) is 3.49. The Bertz CT molecular complexity index is 865. The normalized spacial score (nSPS) is 10.3. The molecule has 0 saturated carbocycles. The standard InChI is InChI=1S/C20H18N2O2S2/c23-19(11-13-25-17-8-2-1-3-9-17)21-15-6-4-7-16(14-15)22-20(24)18-10-5-12-26-18/h1-10,12,14H,11,13H2,(H,21,23)(H,22,24). The summed E-state index contributed by atoms with van der Waals surface area (Å²) < 4.78 is 0. The van der Waals surface area contributed by atoms with Crippen LogP contribution in [0.15, 0.2) is 77.0 Å². The van der Waals surface area contributed by atoms with Gasteiger partial charge in [-0.1, -0.05) is 30.3 Å². The summed E-state index contributed by atoms with van der Waals surface area (Å²) in [5, 5.41) is 7.57. The zero-order valence-corrected chi connectivity index (χ0v) is 15.6. The molecule has 0 aliphatic carbocycles. The molecule has 0 spiro atoms. The summed E-state index contributed by atoms with van der Waals surface area (Å²) in [4.78, 5) is 26.0. The number of thiophene rings is 1. The number of anilines is 2. The number of amides is 2. The van der Waals surface area contributed by atoms with Crippen LogP contribution in [0.5, 0.6) is 0 Å². The summed E-state index contributed by atoms with van der Waals surface area (Å²) in [6, 6.07) is 20.8. The van der Waals surface area contributed by atoms with E-state index < -0.39 is 0 Å². The molecule has 3 aromatic rings. The summed E-state index contributed by atoms with van der Waals surface area (Å²) >= 11 is 3.04. The van der Waals surface area contributed by atoms with E-state index in [1.54, 1.807) is 36.0 Å². The average molecular weight is 383 g/mol. The van der Waals surface area contributed by atoms with E-state index in [-0.39, 0.29) is 11.8 Å². The van der Waals surface area contributed by atoms with Crippen LogP contribution < -0.4 is 10.6 Å². The Kier molecular flexibility index (Phi) is 6.46. The maximum absolute atomic E-state index is 12.1. The fraction of sp³-hybridized carbons (Fsp3) is 0.100. The highest BCUT2D eigenvalue weighted by Crippen LogP contribution is 2.20. The zero-order chi connectivity index (χ0) is 18.2. The van der Waals surface area contributed by atoms with Gasteiger partial charge in [-0.25, -0.2) is 0 Å². The molecule has 2 aromatic carbocycles. The van der Waals surface area contributed by atoms with Gasteiger partial charge in [-0.3, -0.25) is 9.59 Å². The van der Waals surface area contributed by atoms with Crippen LogP contribution in [0.25, 0.3) is 0 Å². The summed E-state index contributed by atoms with van der Waals surface area (Å²) in [6.07, 6.45) is 0.422. The van der Waals surface area contributed by atoms with Crippen molar-refractivity contribution in [2.24, 2.45) is 0 Å². The number of carbonyl (C=O) groups is 2. The van der Waals surface area contributed by atoms with Crippen molar-refractivity contribution in [2.45, 2.75) is 11.3 Å². The van der Waals surface area contributed by atoms with Crippen LogP contribution in [0.2, 0.25) is 0 Å². The highest BCUT2D eigenvalue weighted by atomic mass is 32.2. The minimum Gasteiger partial charge on any atom is -0.326 e. The maximum Gasteiger partial charge on any atom is 0.265 e. The van der Waals surface area contributed by atoms with Gasteiger partial charge in [-0.2, -0.15) is 0 Å². The van der Waals surface area contributed by atoms with Gasteiger partial charge < -0.3 is 10.6 Å². The molecule has 0 saturated heterocycles. The largest absolute Gasteiger partial charge is 0.326 e. The van der Waals surface area contributed by atoms with E-state index >= 15 is 0 Å². The van der Waals surface area contributed by atoms with E-state index in [1.165, 1.54) is 11.3 Å². The fourth-order valence-corrected chi connectivity index (χ4v) is 3.77. The molecule has 6 heteroatoms. The lowest BCUT2D eigenvalue weighted by Gasteiger charge is -2.08. The predicted molar refractivity (Wildman–Crippen MR) is 109 cm³/mol. The smallest absolute Gasteiger partial charge is 0.265 e. The van der Waals surface area contributed by atoms with E-state index in [9.17, 15) is 9.59 Å². The fourth-order valence-electron chi connectivity index (χ4n) is 2.28. The van der Waals surface area contributed by atoms with Crippen molar-refractivity contribution in [2.75, 3.05) is 16.4 Å². The third-order valence-corrected chi connectivity index (χ3v) is 5.37. The number of thioether (sulfide) groups is 1. The predicted octanol–water partition coefficient (Wildman–Crippen LogP) is 5.12. The Labute approximate surface area is 160 Å². The summed E-state index contributed by atoms with van der Waals surface area (Å²) in [7, 11) is 0. The Morgan fingerprint density at radius 3 is 2.38 bits per heavy atom. The lowest BCUT2D eigenvalue weighted by molar-refractivity contribution is -0.115. The van der Waals surface area contributed by atoms with Crippen LogP contribution in [-0.2, 0) is 4.79 Å². The molecular weight excluding hydrogens is 364 g/mol. The molecule has 3 rings (SSSR count). The summed E-state index contributed by atoms with van der Waals surface area (Å²) in [5.41, 5.74) is 1.32. The van der Waals surface area contributed by atoms with Crippen LogP contribution in [-0.4, -0.2) is 17.6 Å². The first-order valence-corrected chi connectivity index (χ1v) is 10.00. The molecule has 0 radical (unpaired) electrons. The highest BCUT2D eigenvalue weighted by Gasteiger charge is 2.08. The van der Waals surface area contributed by atoms with Crippen LogP contribution >= 0.6 is 23.1 Å². The molecule has 0 bridgehead atoms. The topological polar surface area (TPSA) is 58.2 Å². The van der Waals surface area contributed by atoms with E-state index in [0.717, 1.165) is 4.90 Å². The maximum atomic E-state index is 12.1. The van der Waals surface area contributed by atoms with Gasteiger partial charge in [0.2, 0.25) is 5.91 Å². The van der Waals surface area contributed by atoms with Crippen molar-refractivity contribution in [3.05, 3.63) is 77.0 Å². The van der Waals surface area contributed by atoms with Crippen molar-refractivity contribution in [1.29, 1.82) is 0 Å². The van der Waals surface area contributed by atoms with Gasteiger partial charge in [0.1, 0.15) is 0 Å². The number of carbonyl (C=O) groups excluding carboxylic acids is 2. The van der Waals surface area contributed by atoms with Gasteiger partial charge in [-0.05, 0) is 41.8 Å². The number of benzene rings is 2. The van der Waals surface area contributed by atoms with E-state index in [0.29, 0.717) is 28.4 Å². The summed E-state index contributed by atoms with van der Waals surface area (Å²) in [6.45, 7) is 0. The van der Waals surface area contributed by atoms with Crippen molar-refractivity contribution in [1.82, 2.24) is 0 Å². The molecule has 26 heavy (non-hydrogen) atoms. The SMILES string of the molecule is O=C(CCSc1ccccc1)Nc1cccc(NC(=O)c2cccs2)c1. The van der Waals surface area contributed by atoms with E-state index in [4.69, 9.17) is 0 Å². The molecule has 4 nitrogen and oxygen atoms in total. The molecule has 2 amide bonds. The van der Waals surface area contributed by atoms with Crippen LogP contribution in [0.4, 0.5) is 11.4 Å². The van der Waals surface area contributed by atoms with Gasteiger partial charge in [0, 0.05) is 28.4 Å². The van der Waals surface area contributed by atoms with Crippen LogP contribution in [0.3, 0.4) is 0 Å². The second-order valence-corrected chi connectivity index (χ2v) is 7.59. The van der Waals surface area contributed by atoms with Crippen LogP contribution in [0.1, 0.15) is 16.1 Å². The molecule has 0 atom stereocenters. The number of nitrogens with one attached hydrogen (secondary N) is 2. The first-order chi connectivity index (χ1) is 12.7. The summed E-state index contributed by atoms with van der Waals surface area (Å²) in [5.74, 6) is 0.517. The number of hydrogen-bond acceptors (Lipinski definition) is 4. The van der Waals surface area contributed by atoms with Gasteiger partial charge in [-0.15, -0.1) is 23.1 Å². The van der Waals surface area contributed by atoms with Gasteiger partial charge >= 0.3 is 0 Å². The molecule has 0 fully saturated rings. The molecular formula is C20H18N2O2S2. The third kappa shape index (κ3) is 5.47.